The number of aromatic nitrogens is 1. The van der Waals surface area contributed by atoms with E-state index in [0.717, 1.165) is 30.0 Å². The molecule has 1 aliphatic heterocycles. The first-order chi connectivity index (χ1) is 18.2. The summed E-state index contributed by atoms with van der Waals surface area (Å²) in [6, 6.07) is 17.1. The number of amides is 1. The summed E-state index contributed by atoms with van der Waals surface area (Å²) in [5.41, 5.74) is 1.86. The molecule has 0 spiro atoms. The fraction of sp³-hybridized carbons (Fsp3) is 0.379. The van der Waals surface area contributed by atoms with Crippen molar-refractivity contribution in [1.29, 1.82) is 0 Å². The second-order valence-corrected chi connectivity index (χ2v) is 10.6. The molecule has 38 heavy (non-hydrogen) atoms. The van der Waals surface area contributed by atoms with Gasteiger partial charge in [0.05, 0.1) is 23.4 Å². The van der Waals surface area contributed by atoms with Gasteiger partial charge in [-0.05, 0) is 49.2 Å². The van der Waals surface area contributed by atoms with Gasteiger partial charge in [0.2, 0.25) is 0 Å². The van der Waals surface area contributed by atoms with E-state index in [9.17, 15) is 9.90 Å². The number of benzene rings is 2. The third-order valence-corrected chi connectivity index (χ3v) is 7.35. The van der Waals surface area contributed by atoms with E-state index < -0.39 is 5.60 Å². The molecule has 202 valence electrons. The smallest absolute Gasteiger partial charge is 0.269 e. The zero-order valence-electron chi connectivity index (χ0n) is 22.0. The van der Waals surface area contributed by atoms with Crippen LogP contribution in [0.15, 0.2) is 60.8 Å². The molecular weight excluding hydrogens is 523 g/mol. The van der Waals surface area contributed by atoms with Crippen molar-refractivity contribution in [2.24, 2.45) is 0 Å². The summed E-state index contributed by atoms with van der Waals surface area (Å²) >= 11 is 12.9. The molecule has 4 rings (SSSR count). The van der Waals surface area contributed by atoms with Gasteiger partial charge in [-0.1, -0.05) is 48.3 Å². The maximum atomic E-state index is 11.8. The molecule has 0 aliphatic carbocycles. The van der Waals surface area contributed by atoms with Crippen molar-refractivity contribution in [3.63, 3.8) is 0 Å². The molecular formula is C29H34Cl2N4O3. The normalized spacial score (nSPS) is 17.6. The highest BCUT2D eigenvalue weighted by molar-refractivity contribution is 6.33. The number of nitrogens with one attached hydrogen (secondary N) is 1. The number of carbonyl (C=O) groups is 1. The van der Waals surface area contributed by atoms with Gasteiger partial charge in [0.25, 0.3) is 5.91 Å². The molecule has 2 heterocycles. The first kappa shape index (κ1) is 28.2. The van der Waals surface area contributed by atoms with E-state index in [4.69, 9.17) is 27.9 Å². The van der Waals surface area contributed by atoms with Gasteiger partial charge < -0.3 is 20.1 Å². The molecule has 2 N–H and O–H groups in total. The van der Waals surface area contributed by atoms with E-state index in [1.165, 1.54) is 0 Å². The molecule has 2 atom stereocenters. The van der Waals surface area contributed by atoms with Crippen LogP contribution in [-0.4, -0.2) is 60.7 Å². The van der Waals surface area contributed by atoms with Crippen LogP contribution in [0.25, 0.3) is 0 Å². The summed E-state index contributed by atoms with van der Waals surface area (Å²) < 4.78 is 5.76. The maximum absolute atomic E-state index is 11.8. The number of carbonyl (C=O) groups excluding carboxylic acids is 1. The van der Waals surface area contributed by atoms with E-state index in [1.807, 2.05) is 42.5 Å². The highest BCUT2D eigenvalue weighted by Gasteiger charge is 2.34. The number of halogens is 2. The lowest BCUT2D eigenvalue weighted by Crippen LogP contribution is -2.52. The largest absolute Gasteiger partial charge is 0.494 e. The number of hydrogen-bond acceptors (Lipinski definition) is 6. The van der Waals surface area contributed by atoms with Crippen LogP contribution in [0.2, 0.25) is 10.0 Å². The van der Waals surface area contributed by atoms with Crippen LogP contribution >= 0.6 is 23.2 Å². The molecule has 1 fully saturated rings. The molecule has 2 aromatic carbocycles. The van der Waals surface area contributed by atoms with Crippen LogP contribution in [0.1, 0.15) is 47.9 Å². The Balaban J connectivity index is 1.56. The highest BCUT2D eigenvalue weighted by Crippen LogP contribution is 2.38. The van der Waals surface area contributed by atoms with Crippen LogP contribution in [-0.2, 0) is 5.60 Å². The first-order valence-corrected chi connectivity index (χ1v) is 13.5. The summed E-state index contributed by atoms with van der Waals surface area (Å²) in [4.78, 5) is 20.6. The van der Waals surface area contributed by atoms with Crippen molar-refractivity contribution < 1.29 is 14.6 Å². The first-order valence-electron chi connectivity index (χ1n) is 12.8. The molecule has 1 aliphatic rings. The fourth-order valence-corrected chi connectivity index (χ4v) is 5.18. The Morgan fingerprint density at radius 1 is 1.16 bits per heavy atom. The Hall–Kier alpha value is -2.84. The Bertz CT molecular complexity index is 1240. The van der Waals surface area contributed by atoms with E-state index in [2.05, 4.69) is 27.0 Å². The van der Waals surface area contributed by atoms with Crippen LogP contribution in [0, 0.1) is 0 Å². The second-order valence-electron chi connectivity index (χ2n) is 9.74. The minimum Gasteiger partial charge on any atom is -0.494 e. The zero-order valence-corrected chi connectivity index (χ0v) is 23.5. The van der Waals surface area contributed by atoms with Crippen LogP contribution in [0.5, 0.6) is 5.75 Å². The van der Waals surface area contributed by atoms with E-state index in [0.29, 0.717) is 47.5 Å². The summed E-state index contributed by atoms with van der Waals surface area (Å²) in [5, 5.41) is 15.3. The van der Waals surface area contributed by atoms with Crippen molar-refractivity contribution in [2.75, 3.05) is 44.7 Å². The van der Waals surface area contributed by atoms with Gasteiger partial charge >= 0.3 is 0 Å². The lowest BCUT2D eigenvalue weighted by Gasteiger charge is -2.45. The van der Waals surface area contributed by atoms with E-state index >= 15 is 0 Å². The van der Waals surface area contributed by atoms with Crippen LogP contribution in [0.3, 0.4) is 0 Å². The summed E-state index contributed by atoms with van der Waals surface area (Å²) in [6.45, 7) is 7.01. The van der Waals surface area contributed by atoms with Gasteiger partial charge in [0, 0.05) is 56.1 Å². The Morgan fingerprint density at radius 3 is 2.55 bits per heavy atom. The minimum absolute atomic E-state index is 0.00882. The van der Waals surface area contributed by atoms with Gasteiger partial charge in [0.1, 0.15) is 17.0 Å². The Kier molecular flexibility index (Phi) is 9.15. The van der Waals surface area contributed by atoms with Gasteiger partial charge in [-0.25, -0.2) is 0 Å². The monoisotopic (exact) mass is 556 g/mol. The van der Waals surface area contributed by atoms with Gasteiger partial charge in [0.15, 0.2) is 0 Å². The number of β-amino-alcohol motifs (C(OH)–C–C–N with tert-alkyl or cyclic N) is 1. The third-order valence-electron chi connectivity index (χ3n) is 6.80. The number of hydrogen-bond donors (Lipinski definition) is 2. The third kappa shape index (κ3) is 6.59. The summed E-state index contributed by atoms with van der Waals surface area (Å²) in [6.07, 6.45) is 2.50. The number of aliphatic hydroxyl groups is 1. The average molecular weight is 558 g/mol. The second kappa shape index (κ2) is 12.3. The van der Waals surface area contributed by atoms with Gasteiger partial charge in [-0.3, -0.25) is 14.7 Å². The maximum Gasteiger partial charge on any atom is 0.269 e. The van der Waals surface area contributed by atoms with Crippen LogP contribution in [0.4, 0.5) is 5.69 Å². The zero-order chi connectivity index (χ0) is 27.3. The number of ether oxygens (including phenoxy) is 1. The summed E-state index contributed by atoms with van der Waals surface area (Å²) in [5.74, 6) is 0.496. The molecule has 1 saturated heterocycles. The van der Waals surface area contributed by atoms with Gasteiger partial charge in [-0.2, -0.15) is 0 Å². The lowest BCUT2D eigenvalue weighted by atomic mass is 9.94. The standard InChI is InChI=1S/C29H34Cl2N4O3/c1-4-15-38-23-10-12-26(24(31)16-23)35-14-13-34(18-27(35)20-5-8-22(30)9-6-20)19-29(2,37)21-7-11-25(33-17-21)28(36)32-3/h5-12,16-17,27,37H,4,13-15,18-19H2,1-3H3,(H,32,36)/t27-,29+/m0/s1. The molecule has 1 aromatic heterocycles. The Labute approximate surface area is 234 Å². The number of anilines is 1. The van der Waals surface area contributed by atoms with Crippen molar-refractivity contribution >= 4 is 34.8 Å². The molecule has 0 bridgehead atoms. The summed E-state index contributed by atoms with van der Waals surface area (Å²) in [7, 11) is 1.56. The molecule has 3 aromatic rings. The topological polar surface area (TPSA) is 77.9 Å². The van der Waals surface area contributed by atoms with Crippen molar-refractivity contribution in [2.45, 2.75) is 31.9 Å². The lowest BCUT2D eigenvalue weighted by molar-refractivity contribution is 0.00998. The van der Waals surface area contributed by atoms with Gasteiger partial charge in [-0.15, -0.1) is 0 Å². The van der Waals surface area contributed by atoms with Crippen LogP contribution < -0.4 is 15.0 Å². The molecule has 0 radical (unpaired) electrons. The predicted octanol–water partition coefficient (Wildman–Crippen LogP) is 5.31. The van der Waals surface area contributed by atoms with E-state index in [-0.39, 0.29) is 11.9 Å². The molecule has 9 heteroatoms. The fourth-order valence-electron chi connectivity index (χ4n) is 4.77. The van der Waals surface area contributed by atoms with Crippen molar-refractivity contribution in [3.8, 4) is 5.75 Å². The van der Waals surface area contributed by atoms with Crippen molar-refractivity contribution in [3.05, 3.63) is 87.7 Å². The minimum atomic E-state index is -1.16. The average Bonchev–Trinajstić information content (AvgIpc) is 2.92. The van der Waals surface area contributed by atoms with E-state index in [1.54, 1.807) is 32.3 Å². The quantitative estimate of drug-likeness (QED) is 0.372. The SMILES string of the molecule is CCCOc1ccc(N2CCN(C[C@@](C)(O)c3ccc(C(=O)NC)nc3)C[C@H]2c2ccc(Cl)cc2)c(Cl)c1. The highest BCUT2D eigenvalue weighted by atomic mass is 35.5. The predicted molar refractivity (Wildman–Crippen MR) is 152 cm³/mol. The molecule has 1 amide bonds. The number of pyridine rings is 1. The number of nitrogens with zero attached hydrogens (tertiary/aromatic N) is 3. The number of piperazine rings is 1. The Morgan fingerprint density at radius 2 is 1.92 bits per heavy atom. The molecule has 0 unspecified atom stereocenters. The molecule has 7 nitrogen and oxygen atoms in total. The number of rotatable bonds is 9. The van der Waals surface area contributed by atoms with Crippen molar-refractivity contribution in [1.82, 2.24) is 15.2 Å². The molecule has 0 saturated carbocycles.